The average Bonchev–Trinajstić information content (AvgIpc) is 3.27. The molecule has 1 heterocycles. The van der Waals surface area contributed by atoms with Crippen molar-refractivity contribution in [2.24, 2.45) is 0 Å². The number of aliphatic hydroxyl groups is 2. The van der Waals surface area contributed by atoms with Crippen LogP contribution in [0.2, 0.25) is 0 Å². The molecule has 0 saturated heterocycles. The molecular formula is C47H29N5O6. The van der Waals surface area contributed by atoms with E-state index >= 15 is 0 Å². The van der Waals surface area contributed by atoms with Gasteiger partial charge in [0, 0.05) is 23.3 Å². The number of nitrogens with zero attached hydrogens (tertiary/aromatic N) is 5. The lowest BCUT2D eigenvalue weighted by Crippen LogP contribution is -2.02. The molecule has 58 heavy (non-hydrogen) atoms. The Labute approximate surface area is 333 Å². The summed E-state index contributed by atoms with van der Waals surface area (Å²) in [5, 5.41) is 58.8. The lowest BCUT2D eigenvalue weighted by molar-refractivity contribution is 0.389. The first-order valence-electron chi connectivity index (χ1n) is 17.7. The van der Waals surface area contributed by atoms with Gasteiger partial charge >= 0.3 is 0 Å². The summed E-state index contributed by atoms with van der Waals surface area (Å²) in [6, 6.07) is 36.2. The molecule has 0 radical (unpaired) electrons. The van der Waals surface area contributed by atoms with Gasteiger partial charge in [0.2, 0.25) is 11.8 Å². The molecule has 0 amide bonds. The number of benzene rings is 4. The molecular weight excluding hydrogens is 731 g/mol. The van der Waals surface area contributed by atoms with E-state index in [1.54, 1.807) is 103 Å². The van der Waals surface area contributed by atoms with Crippen molar-refractivity contribution in [2.75, 3.05) is 0 Å². The van der Waals surface area contributed by atoms with E-state index in [-0.39, 0.29) is 33.8 Å². The Morgan fingerprint density at radius 1 is 0.466 bits per heavy atom. The van der Waals surface area contributed by atoms with E-state index in [2.05, 4.69) is 4.98 Å². The highest BCUT2D eigenvalue weighted by Gasteiger charge is 2.14. The quantitative estimate of drug-likeness (QED) is 0.129. The van der Waals surface area contributed by atoms with E-state index in [9.17, 15) is 20.7 Å². The van der Waals surface area contributed by atoms with Gasteiger partial charge in [0.15, 0.2) is 0 Å². The van der Waals surface area contributed by atoms with Gasteiger partial charge < -0.3 is 29.2 Å². The predicted octanol–water partition coefficient (Wildman–Crippen LogP) is 10.5. The van der Waals surface area contributed by atoms with Gasteiger partial charge in [-0.2, -0.15) is 26.0 Å². The number of aromatic nitrogens is 1. The summed E-state index contributed by atoms with van der Waals surface area (Å²) in [6.07, 6.45) is 11.5. The van der Waals surface area contributed by atoms with Crippen molar-refractivity contribution >= 4 is 11.5 Å². The minimum atomic E-state index is 0.108. The molecule has 5 aromatic rings. The minimum absolute atomic E-state index is 0.108. The second-order valence-corrected chi connectivity index (χ2v) is 12.7. The third kappa shape index (κ3) is 8.78. The van der Waals surface area contributed by atoms with Gasteiger partial charge in [-0.15, -0.1) is 0 Å². The number of hydrogen-bond acceptors (Lipinski definition) is 11. The lowest BCUT2D eigenvalue weighted by Gasteiger charge is -2.14. The Bertz CT molecular complexity index is 2600. The van der Waals surface area contributed by atoms with Gasteiger partial charge in [-0.1, -0.05) is 18.2 Å². The van der Waals surface area contributed by atoms with Crippen molar-refractivity contribution in [1.29, 1.82) is 21.0 Å². The molecule has 0 aliphatic heterocycles. The zero-order valence-electron chi connectivity index (χ0n) is 30.5. The lowest BCUT2D eigenvalue weighted by atomic mass is 10.0. The van der Waals surface area contributed by atoms with Gasteiger partial charge in [-0.3, -0.25) is 0 Å². The van der Waals surface area contributed by atoms with Gasteiger partial charge in [0.1, 0.15) is 70.3 Å². The Morgan fingerprint density at radius 3 is 1.22 bits per heavy atom. The van der Waals surface area contributed by atoms with E-state index < -0.39 is 0 Å². The van der Waals surface area contributed by atoms with Crippen LogP contribution in [0.15, 0.2) is 162 Å². The third-order valence-corrected chi connectivity index (χ3v) is 8.89. The van der Waals surface area contributed by atoms with Crippen LogP contribution >= 0.6 is 0 Å². The van der Waals surface area contributed by atoms with Crippen LogP contribution in [-0.4, -0.2) is 15.2 Å². The van der Waals surface area contributed by atoms with Crippen molar-refractivity contribution in [3.05, 3.63) is 196 Å². The van der Waals surface area contributed by atoms with E-state index in [4.69, 9.17) is 29.5 Å². The number of aliphatic hydroxyl groups excluding tert-OH is 2. The topological polar surface area (TPSA) is 185 Å². The summed E-state index contributed by atoms with van der Waals surface area (Å²) in [5.41, 5.74) is 3.57. The maximum absolute atomic E-state index is 11.0. The van der Waals surface area contributed by atoms with Crippen LogP contribution < -0.4 is 18.9 Å². The summed E-state index contributed by atoms with van der Waals surface area (Å²) < 4.78 is 23.6. The molecule has 11 heteroatoms. The van der Waals surface area contributed by atoms with Crippen LogP contribution in [-0.2, 0) is 0 Å². The molecule has 2 aliphatic carbocycles. The van der Waals surface area contributed by atoms with E-state index in [1.807, 2.05) is 36.4 Å². The van der Waals surface area contributed by atoms with E-state index in [0.717, 1.165) is 0 Å². The van der Waals surface area contributed by atoms with Crippen LogP contribution in [0.25, 0.3) is 11.5 Å². The van der Waals surface area contributed by atoms with Gasteiger partial charge in [-0.05, 0) is 133 Å². The number of nitriles is 4. The molecule has 0 unspecified atom stereocenters. The number of rotatable bonds is 10. The fourth-order valence-electron chi connectivity index (χ4n) is 5.87. The first-order chi connectivity index (χ1) is 28.3. The molecule has 0 bridgehead atoms. The molecule has 1 aromatic heterocycles. The SMILES string of the molecule is N#Cc1ccc(Oc2ccc(C(O)=C3C=CC(Oc4cccc(OC5=CCC(=C(O)c6ccc(Oc7ccc(C#N)c(C#N)c7)cc6)C=C5)n4)=CC3)cc2)cc1C#N. The molecule has 7 rings (SSSR count). The molecule has 0 atom stereocenters. The Kier molecular flexibility index (Phi) is 11.1. The van der Waals surface area contributed by atoms with Crippen LogP contribution in [0, 0.1) is 45.3 Å². The van der Waals surface area contributed by atoms with E-state index in [0.29, 0.717) is 81.4 Å². The van der Waals surface area contributed by atoms with Crippen molar-refractivity contribution in [3.63, 3.8) is 0 Å². The Balaban J connectivity index is 0.920. The standard InChI is InChI=1S/C47H29N5O6/c48-26-34-12-22-42(24-36(34)28-50)55-38-14-4-30(5-15-38)46(53)32-8-18-40(19-9-32)57-44-2-1-3-45(52-44)58-41-20-10-33(11-21-41)47(54)31-6-16-39(17-7-31)56-43-23-13-35(27-49)37(25-43)29-51/h1-8,10,12-25,53-54H,9,11H2. The van der Waals surface area contributed by atoms with Crippen LogP contribution in [0.4, 0.5) is 0 Å². The summed E-state index contributed by atoms with van der Waals surface area (Å²) in [6.45, 7) is 0. The first kappa shape index (κ1) is 37.5. The predicted molar refractivity (Wildman–Crippen MR) is 213 cm³/mol. The summed E-state index contributed by atoms with van der Waals surface area (Å²) >= 11 is 0. The molecule has 2 aliphatic rings. The largest absolute Gasteiger partial charge is 0.507 e. The fourth-order valence-corrected chi connectivity index (χ4v) is 5.87. The maximum atomic E-state index is 11.0. The average molecular weight is 760 g/mol. The van der Waals surface area contributed by atoms with Crippen molar-refractivity contribution in [2.45, 2.75) is 12.8 Å². The molecule has 2 N–H and O–H groups in total. The molecule has 11 nitrogen and oxygen atoms in total. The zero-order valence-corrected chi connectivity index (χ0v) is 30.5. The number of allylic oxidation sites excluding steroid dienone is 8. The smallest absolute Gasteiger partial charge is 0.222 e. The number of ether oxygens (including phenoxy) is 4. The molecule has 0 fully saturated rings. The van der Waals surface area contributed by atoms with Crippen LogP contribution in [0.5, 0.6) is 34.8 Å². The first-order valence-corrected chi connectivity index (χ1v) is 17.7. The van der Waals surface area contributed by atoms with Crippen LogP contribution in [0.3, 0.4) is 0 Å². The monoisotopic (exact) mass is 759 g/mol. The molecule has 4 aromatic carbocycles. The van der Waals surface area contributed by atoms with Crippen molar-refractivity contribution in [3.8, 4) is 59.0 Å². The minimum Gasteiger partial charge on any atom is -0.507 e. The highest BCUT2D eigenvalue weighted by atomic mass is 16.5. The number of hydrogen-bond donors (Lipinski definition) is 2. The maximum Gasteiger partial charge on any atom is 0.222 e. The highest BCUT2D eigenvalue weighted by molar-refractivity contribution is 5.67. The van der Waals surface area contributed by atoms with Gasteiger partial charge in [0.05, 0.1) is 22.3 Å². The Morgan fingerprint density at radius 2 is 0.862 bits per heavy atom. The zero-order chi connectivity index (χ0) is 40.4. The molecule has 0 saturated carbocycles. The van der Waals surface area contributed by atoms with Crippen LogP contribution in [0.1, 0.15) is 46.2 Å². The molecule has 0 spiro atoms. The van der Waals surface area contributed by atoms with Crippen molar-refractivity contribution in [1.82, 2.24) is 4.98 Å². The molecule has 278 valence electrons. The Hall–Kier alpha value is -8.77. The second kappa shape index (κ2) is 17.1. The van der Waals surface area contributed by atoms with Crippen molar-refractivity contribution < 1.29 is 29.2 Å². The normalized spacial score (nSPS) is 14.6. The van der Waals surface area contributed by atoms with Gasteiger partial charge in [0.25, 0.3) is 0 Å². The number of pyridine rings is 1. The summed E-state index contributed by atoms with van der Waals surface area (Å²) in [5.74, 6) is 3.81. The third-order valence-electron chi connectivity index (χ3n) is 8.89. The summed E-state index contributed by atoms with van der Waals surface area (Å²) in [4.78, 5) is 4.48. The van der Waals surface area contributed by atoms with E-state index in [1.165, 1.54) is 24.3 Å². The second-order valence-electron chi connectivity index (χ2n) is 12.7. The highest BCUT2D eigenvalue weighted by Crippen LogP contribution is 2.31. The van der Waals surface area contributed by atoms with Gasteiger partial charge in [-0.25, -0.2) is 0 Å². The summed E-state index contributed by atoms with van der Waals surface area (Å²) in [7, 11) is 0. The fraction of sp³-hybridized carbons (Fsp3) is 0.0426.